The van der Waals surface area contributed by atoms with Crippen molar-refractivity contribution in [1.29, 1.82) is 0 Å². The zero-order valence-electron chi connectivity index (χ0n) is 6.21. The van der Waals surface area contributed by atoms with E-state index in [1.165, 1.54) is 0 Å². The van der Waals surface area contributed by atoms with Crippen molar-refractivity contribution in [1.82, 2.24) is 0 Å². The minimum absolute atomic E-state index is 0.195. The Labute approximate surface area is 77.9 Å². The van der Waals surface area contributed by atoms with Crippen LogP contribution >= 0.6 is 15.9 Å². The molecule has 2 rings (SSSR count). The van der Waals surface area contributed by atoms with Crippen molar-refractivity contribution in [2.24, 2.45) is 0 Å². The van der Waals surface area contributed by atoms with Gasteiger partial charge >= 0.3 is 0 Å². The third-order valence-electron chi connectivity index (χ3n) is 1.73. The van der Waals surface area contributed by atoms with Gasteiger partial charge in [0.15, 0.2) is 0 Å². The molecule has 0 saturated heterocycles. The van der Waals surface area contributed by atoms with Crippen molar-refractivity contribution < 1.29 is 9.52 Å². The molecule has 0 saturated carbocycles. The van der Waals surface area contributed by atoms with E-state index in [2.05, 4.69) is 15.9 Å². The van der Waals surface area contributed by atoms with Gasteiger partial charge in [0.05, 0.1) is 10.7 Å². The van der Waals surface area contributed by atoms with E-state index in [4.69, 9.17) is 4.42 Å². The molecule has 0 atom stereocenters. The predicted molar refractivity (Wildman–Crippen MR) is 48.3 cm³/mol. The van der Waals surface area contributed by atoms with Crippen molar-refractivity contribution in [3.63, 3.8) is 0 Å². The van der Waals surface area contributed by atoms with Crippen LogP contribution in [0.5, 0.6) is 0 Å². The quantitative estimate of drug-likeness (QED) is 0.735. The number of fused-ring (bicyclic) bond motifs is 1. The molecule has 0 unspecified atom stereocenters. The van der Waals surface area contributed by atoms with E-state index in [0.717, 1.165) is 21.0 Å². The standard InChI is InChI=1S/C9H6BrO2/c10-8-4-6(5-11)3-7-1-2-12-9(7)8/h1-4H,5H2. The van der Waals surface area contributed by atoms with Gasteiger partial charge < -0.3 is 4.42 Å². The molecule has 1 radical (unpaired) electrons. The lowest BCUT2D eigenvalue weighted by Crippen LogP contribution is -1.80. The summed E-state index contributed by atoms with van der Waals surface area (Å²) in [6, 6.07) is 5.48. The van der Waals surface area contributed by atoms with Crippen molar-refractivity contribution in [3.8, 4) is 0 Å². The van der Waals surface area contributed by atoms with Crippen LogP contribution in [0.1, 0.15) is 5.56 Å². The second kappa shape index (κ2) is 2.92. The van der Waals surface area contributed by atoms with E-state index in [0.29, 0.717) is 0 Å². The van der Waals surface area contributed by atoms with E-state index >= 15 is 0 Å². The molecule has 0 bridgehead atoms. The van der Waals surface area contributed by atoms with Crippen molar-refractivity contribution in [2.45, 2.75) is 6.61 Å². The van der Waals surface area contributed by atoms with E-state index in [1.807, 2.05) is 12.1 Å². The number of hydrogen-bond acceptors (Lipinski definition) is 1. The molecule has 2 nitrogen and oxygen atoms in total. The van der Waals surface area contributed by atoms with Gasteiger partial charge in [0.2, 0.25) is 0 Å². The highest BCUT2D eigenvalue weighted by molar-refractivity contribution is 9.10. The smallest absolute Gasteiger partial charge is 0.148 e. The third-order valence-corrected chi connectivity index (χ3v) is 2.32. The van der Waals surface area contributed by atoms with Gasteiger partial charge in [-0.1, -0.05) is 0 Å². The zero-order chi connectivity index (χ0) is 8.55. The molecular formula is C9H6BrO2. The Morgan fingerprint density at radius 1 is 1.42 bits per heavy atom. The van der Waals surface area contributed by atoms with Gasteiger partial charge in [0.25, 0.3) is 0 Å². The van der Waals surface area contributed by atoms with Crippen LogP contribution in [-0.4, -0.2) is 0 Å². The Kier molecular flexibility index (Phi) is 1.90. The largest absolute Gasteiger partial charge is 0.463 e. The van der Waals surface area contributed by atoms with E-state index in [1.54, 1.807) is 12.3 Å². The zero-order valence-corrected chi connectivity index (χ0v) is 7.80. The highest BCUT2D eigenvalue weighted by atomic mass is 79.9. The van der Waals surface area contributed by atoms with Gasteiger partial charge in [-0.15, -0.1) is 0 Å². The summed E-state index contributed by atoms with van der Waals surface area (Å²) >= 11 is 3.34. The summed E-state index contributed by atoms with van der Waals surface area (Å²) in [6.45, 7) is -0.195. The second-order valence-electron chi connectivity index (χ2n) is 2.56. The maximum atomic E-state index is 10.6. The first kappa shape index (κ1) is 7.83. The Bertz CT molecular complexity index is 406. The fourth-order valence-corrected chi connectivity index (χ4v) is 1.80. The molecule has 0 fully saturated rings. The highest BCUT2D eigenvalue weighted by Gasteiger charge is 2.03. The lowest BCUT2D eigenvalue weighted by Gasteiger charge is -1.96. The third kappa shape index (κ3) is 1.15. The molecule has 0 amide bonds. The molecule has 12 heavy (non-hydrogen) atoms. The van der Waals surface area contributed by atoms with Crippen LogP contribution in [0.25, 0.3) is 11.0 Å². The minimum Gasteiger partial charge on any atom is -0.463 e. The van der Waals surface area contributed by atoms with Gasteiger partial charge in [-0.3, -0.25) is 0 Å². The van der Waals surface area contributed by atoms with Crippen LogP contribution in [0.2, 0.25) is 0 Å². The Hall–Kier alpha value is -0.800. The van der Waals surface area contributed by atoms with Crippen LogP contribution < -0.4 is 0 Å². The molecule has 0 N–H and O–H groups in total. The molecule has 0 spiro atoms. The summed E-state index contributed by atoms with van der Waals surface area (Å²) in [4.78, 5) is 0. The number of rotatable bonds is 1. The molecule has 0 aliphatic rings. The minimum atomic E-state index is -0.195. The average molecular weight is 226 g/mol. The summed E-state index contributed by atoms with van der Waals surface area (Å²) in [5, 5.41) is 11.6. The van der Waals surface area contributed by atoms with E-state index in [-0.39, 0.29) is 6.61 Å². The van der Waals surface area contributed by atoms with E-state index < -0.39 is 0 Å². The van der Waals surface area contributed by atoms with Crippen LogP contribution in [0.15, 0.2) is 33.4 Å². The summed E-state index contributed by atoms with van der Waals surface area (Å²) in [5.74, 6) is 0. The topological polar surface area (TPSA) is 33.0 Å². The van der Waals surface area contributed by atoms with Crippen LogP contribution in [0.3, 0.4) is 0 Å². The fraction of sp³-hybridized carbons (Fsp3) is 0.111. The summed E-state index contributed by atoms with van der Waals surface area (Å²) < 4.78 is 6.04. The molecular weight excluding hydrogens is 220 g/mol. The predicted octanol–water partition coefficient (Wildman–Crippen LogP) is 3.13. The first-order valence-electron chi connectivity index (χ1n) is 3.55. The van der Waals surface area contributed by atoms with Crippen molar-refractivity contribution in [3.05, 3.63) is 34.5 Å². The maximum Gasteiger partial charge on any atom is 0.148 e. The van der Waals surface area contributed by atoms with Crippen molar-refractivity contribution in [2.75, 3.05) is 0 Å². The number of hydrogen-bond donors (Lipinski definition) is 0. The Morgan fingerprint density at radius 3 is 3.00 bits per heavy atom. The number of halogens is 1. The molecule has 1 heterocycles. The van der Waals surface area contributed by atoms with E-state index in [9.17, 15) is 5.11 Å². The summed E-state index contributed by atoms with van der Waals surface area (Å²) in [5.41, 5.74) is 1.57. The van der Waals surface area contributed by atoms with Crippen LogP contribution in [0.4, 0.5) is 0 Å². The molecule has 61 valence electrons. The molecule has 0 aliphatic carbocycles. The Morgan fingerprint density at radius 2 is 2.25 bits per heavy atom. The lowest BCUT2D eigenvalue weighted by atomic mass is 10.2. The van der Waals surface area contributed by atoms with Gasteiger partial charge in [-0.25, -0.2) is 5.11 Å². The second-order valence-corrected chi connectivity index (χ2v) is 3.42. The van der Waals surface area contributed by atoms with Crippen LogP contribution in [-0.2, 0) is 11.7 Å². The Balaban J connectivity index is 2.75. The highest BCUT2D eigenvalue weighted by Crippen LogP contribution is 2.26. The first-order valence-corrected chi connectivity index (χ1v) is 4.34. The average Bonchev–Trinajstić information content (AvgIpc) is 2.52. The maximum absolute atomic E-state index is 10.6. The van der Waals surface area contributed by atoms with Gasteiger partial charge in [-0.2, -0.15) is 0 Å². The van der Waals surface area contributed by atoms with Crippen molar-refractivity contribution >= 4 is 26.9 Å². The fourth-order valence-electron chi connectivity index (χ4n) is 1.18. The van der Waals surface area contributed by atoms with Crippen LogP contribution in [0, 0.1) is 0 Å². The summed E-state index contributed by atoms with van der Waals surface area (Å²) in [6.07, 6.45) is 1.62. The molecule has 3 heteroatoms. The molecule has 0 aliphatic heterocycles. The normalized spacial score (nSPS) is 10.8. The molecule has 1 aromatic carbocycles. The van der Waals surface area contributed by atoms with Gasteiger partial charge in [-0.05, 0) is 39.7 Å². The first-order chi connectivity index (χ1) is 5.81. The number of benzene rings is 1. The van der Waals surface area contributed by atoms with Gasteiger partial charge in [0.1, 0.15) is 12.2 Å². The molecule has 2 aromatic rings. The lowest BCUT2D eigenvalue weighted by molar-refractivity contribution is 0.177. The monoisotopic (exact) mass is 225 g/mol. The summed E-state index contributed by atoms with van der Waals surface area (Å²) in [7, 11) is 0. The number of furan rings is 1. The SMILES string of the molecule is [O]Cc1cc(Br)c2occc2c1. The molecule has 1 aromatic heterocycles. The van der Waals surface area contributed by atoms with Gasteiger partial charge in [0, 0.05) is 5.39 Å².